The van der Waals surface area contributed by atoms with E-state index in [4.69, 9.17) is 9.29 Å². The molecular formula is C28H47NO6S. The van der Waals surface area contributed by atoms with Gasteiger partial charge in [-0.2, -0.15) is 8.42 Å². The fraction of sp³-hybridized carbons (Fsp3) is 0.964. The van der Waals surface area contributed by atoms with Crippen LogP contribution in [0.4, 0.5) is 0 Å². The van der Waals surface area contributed by atoms with Gasteiger partial charge in [0.15, 0.2) is 0 Å². The van der Waals surface area contributed by atoms with E-state index in [1.165, 1.54) is 19.3 Å². The number of hydrogen-bond donors (Lipinski definition) is 3. The van der Waals surface area contributed by atoms with Crippen molar-refractivity contribution in [3.63, 3.8) is 0 Å². The van der Waals surface area contributed by atoms with Crippen LogP contribution in [0.2, 0.25) is 0 Å². The summed E-state index contributed by atoms with van der Waals surface area (Å²) < 4.78 is 37.5. The van der Waals surface area contributed by atoms with Crippen LogP contribution in [-0.4, -0.2) is 54.6 Å². The minimum atomic E-state index is -4.06. The number of aliphatic hydroxyl groups excluding tert-OH is 1. The van der Waals surface area contributed by atoms with Gasteiger partial charge in [0.1, 0.15) is 0 Å². The fourth-order valence-corrected chi connectivity index (χ4v) is 10.6. The van der Waals surface area contributed by atoms with Gasteiger partial charge in [0.25, 0.3) is 10.1 Å². The molecule has 36 heavy (non-hydrogen) atoms. The number of amides is 1. The van der Waals surface area contributed by atoms with E-state index >= 15 is 0 Å². The van der Waals surface area contributed by atoms with Crippen LogP contribution in [0.1, 0.15) is 85.5 Å². The van der Waals surface area contributed by atoms with Crippen molar-refractivity contribution in [2.24, 2.45) is 52.3 Å². The predicted molar refractivity (Wildman–Crippen MR) is 138 cm³/mol. The van der Waals surface area contributed by atoms with Crippen LogP contribution < -0.4 is 5.32 Å². The van der Waals surface area contributed by atoms with Crippen molar-refractivity contribution in [2.75, 3.05) is 12.3 Å². The van der Waals surface area contributed by atoms with Crippen LogP contribution in [0.5, 0.6) is 0 Å². The van der Waals surface area contributed by atoms with E-state index in [2.05, 4.69) is 33.0 Å². The first-order valence-corrected chi connectivity index (χ1v) is 16.0. The van der Waals surface area contributed by atoms with Gasteiger partial charge in [-0.15, -0.1) is 0 Å². The molecule has 1 amide bonds. The number of aliphatic hydroxyl groups is 1. The lowest BCUT2D eigenvalue weighted by Crippen LogP contribution is -2.63. The first-order chi connectivity index (χ1) is 16.8. The highest BCUT2D eigenvalue weighted by molar-refractivity contribution is 7.85. The van der Waals surface area contributed by atoms with Gasteiger partial charge in [-0.3, -0.25) is 9.35 Å². The first-order valence-electron chi connectivity index (χ1n) is 14.4. The van der Waals surface area contributed by atoms with Crippen molar-refractivity contribution in [1.82, 2.24) is 5.32 Å². The van der Waals surface area contributed by atoms with E-state index in [0.717, 1.165) is 32.1 Å². The van der Waals surface area contributed by atoms with Gasteiger partial charge >= 0.3 is 0 Å². The molecule has 0 aromatic heterocycles. The molecular weight excluding hydrogens is 478 g/mol. The maximum atomic E-state index is 12.3. The lowest BCUT2D eigenvalue weighted by Gasteiger charge is -2.65. The third-order valence-corrected chi connectivity index (χ3v) is 12.7. The standard InChI is InChI=1S/C28H47NO6S/c1-16(5-6-24(31)29-11-12-36(32,33)34)22-15-20-17(2)35-23-14-18-13-19(30)7-9-27(18,3)21-8-10-28(22,4)26(20)25(21)23/h16-23,25-26,30H,5-15H2,1-4H3,(H,29,31)(H,32,33,34). The second kappa shape index (κ2) is 9.49. The molecule has 0 radical (unpaired) electrons. The summed E-state index contributed by atoms with van der Waals surface area (Å²) in [5.74, 6) is 3.49. The highest BCUT2D eigenvalue weighted by Crippen LogP contribution is 2.72. The van der Waals surface area contributed by atoms with E-state index in [0.29, 0.717) is 59.4 Å². The summed E-state index contributed by atoms with van der Waals surface area (Å²) in [6, 6.07) is 0. The maximum absolute atomic E-state index is 12.3. The Balaban J connectivity index is 1.30. The van der Waals surface area contributed by atoms with E-state index in [1.54, 1.807) is 0 Å². The van der Waals surface area contributed by atoms with Crippen LogP contribution in [0.15, 0.2) is 0 Å². The molecule has 5 aliphatic rings. The molecule has 0 aromatic rings. The zero-order chi connectivity index (χ0) is 26.0. The molecule has 0 spiro atoms. The second-order valence-corrected chi connectivity index (χ2v) is 15.2. The topological polar surface area (TPSA) is 113 Å². The van der Waals surface area contributed by atoms with Gasteiger partial charge in [0.2, 0.25) is 5.91 Å². The van der Waals surface area contributed by atoms with E-state index in [1.807, 2.05) is 0 Å². The Bertz CT molecular complexity index is 956. The zero-order valence-electron chi connectivity index (χ0n) is 22.5. The fourth-order valence-electron chi connectivity index (χ4n) is 10.2. The number of nitrogens with one attached hydrogen (secondary N) is 1. The SMILES string of the molecule is CC(CCC(=O)NCCS(=O)(=O)O)C1CC2C(C)OC3CC4CC(O)CCC4(C)C4CCC1(C)C2C34. The molecule has 12 unspecified atom stereocenters. The second-order valence-electron chi connectivity index (χ2n) is 13.7. The van der Waals surface area contributed by atoms with Crippen molar-refractivity contribution < 1.29 is 27.6 Å². The van der Waals surface area contributed by atoms with Crippen molar-refractivity contribution in [1.29, 1.82) is 0 Å². The third kappa shape index (κ3) is 4.56. The molecule has 4 aliphatic carbocycles. The Morgan fingerprint density at radius 1 is 1.14 bits per heavy atom. The summed E-state index contributed by atoms with van der Waals surface area (Å²) >= 11 is 0. The minimum Gasteiger partial charge on any atom is -0.393 e. The summed E-state index contributed by atoms with van der Waals surface area (Å²) in [6.07, 6.45) is 9.39. The molecule has 5 fully saturated rings. The Morgan fingerprint density at radius 2 is 1.86 bits per heavy atom. The maximum Gasteiger partial charge on any atom is 0.266 e. The average Bonchev–Trinajstić information content (AvgIpc) is 3.11. The molecule has 206 valence electrons. The molecule has 0 aromatic carbocycles. The monoisotopic (exact) mass is 525 g/mol. The summed E-state index contributed by atoms with van der Waals surface area (Å²) in [4.78, 5) is 12.3. The molecule has 7 nitrogen and oxygen atoms in total. The summed E-state index contributed by atoms with van der Waals surface area (Å²) in [6.45, 7) is 9.59. The van der Waals surface area contributed by atoms with Crippen LogP contribution in [0.25, 0.3) is 0 Å². The molecule has 0 bridgehead atoms. The van der Waals surface area contributed by atoms with E-state index in [9.17, 15) is 18.3 Å². The quantitative estimate of drug-likeness (QED) is 0.432. The van der Waals surface area contributed by atoms with Crippen LogP contribution in [0, 0.1) is 52.3 Å². The molecule has 5 rings (SSSR count). The van der Waals surface area contributed by atoms with Crippen LogP contribution in [-0.2, 0) is 19.6 Å². The molecule has 1 saturated heterocycles. The first kappa shape index (κ1) is 26.9. The lowest BCUT2D eigenvalue weighted by molar-refractivity contribution is -0.242. The Labute approximate surface area is 217 Å². The molecule has 3 N–H and O–H groups in total. The number of ether oxygens (including phenoxy) is 1. The largest absolute Gasteiger partial charge is 0.393 e. The highest BCUT2D eigenvalue weighted by Gasteiger charge is 2.68. The zero-order valence-corrected chi connectivity index (χ0v) is 23.3. The highest BCUT2D eigenvalue weighted by atomic mass is 32.2. The number of fused-ring (bicyclic) bond motifs is 2. The Hall–Kier alpha value is -0.700. The molecule has 8 heteroatoms. The Kier molecular flexibility index (Phi) is 7.09. The predicted octanol–water partition coefficient (Wildman–Crippen LogP) is 4.05. The number of rotatable bonds is 7. The smallest absolute Gasteiger partial charge is 0.266 e. The minimum absolute atomic E-state index is 0.0482. The van der Waals surface area contributed by atoms with Gasteiger partial charge in [0.05, 0.1) is 24.1 Å². The number of carbonyl (C=O) groups excluding carboxylic acids is 1. The normalized spacial score (nSPS) is 48.6. The van der Waals surface area contributed by atoms with Gasteiger partial charge in [0, 0.05) is 13.0 Å². The summed E-state index contributed by atoms with van der Waals surface area (Å²) in [5, 5.41) is 13.1. The van der Waals surface area contributed by atoms with Crippen LogP contribution >= 0.6 is 0 Å². The van der Waals surface area contributed by atoms with Gasteiger partial charge in [-0.05, 0) is 111 Å². The summed E-state index contributed by atoms with van der Waals surface area (Å²) in [7, 11) is -4.06. The number of carbonyl (C=O) groups is 1. The Morgan fingerprint density at radius 3 is 2.58 bits per heavy atom. The summed E-state index contributed by atoms with van der Waals surface area (Å²) in [5.41, 5.74) is 0.584. The van der Waals surface area contributed by atoms with Crippen molar-refractivity contribution >= 4 is 16.0 Å². The van der Waals surface area contributed by atoms with Gasteiger partial charge in [-0.25, -0.2) is 0 Å². The molecule has 1 aliphatic heterocycles. The molecule has 4 saturated carbocycles. The molecule has 12 atom stereocenters. The molecule has 1 heterocycles. The lowest BCUT2D eigenvalue weighted by atomic mass is 9.42. The van der Waals surface area contributed by atoms with Crippen molar-refractivity contribution in [3.05, 3.63) is 0 Å². The third-order valence-electron chi connectivity index (χ3n) is 12.0. The van der Waals surface area contributed by atoms with E-state index in [-0.39, 0.29) is 30.1 Å². The van der Waals surface area contributed by atoms with Crippen molar-refractivity contribution in [3.8, 4) is 0 Å². The van der Waals surface area contributed by atoms with E-state index < -0.39 is 15.9 Å². The van der Waals surface area contributed by atoms with Crippen molar-refractivity contribution in [2.45, 2.75) is 104 Å². The average molecular weight is 526 g/mol. The van der Waals surface area contributed by atoms with Crippen LogP contribution in [0.3, 0.4) is 0 Å². The number of hydrogen-bond acceptors (Lipinski definition) is 5. The van der Waals surface area contributed by atoms with Gasteiger partial charge < -0.3 is 15.2 Å². The van der Waals surface area contributed by atoms with Gasteiger partial charge in [-0.1, -0.05) is 20.8 Å².